The van der Waals surface area contributed by atoms with Crippen LogP contribution in [0.5, 0.6) is 0 Å². The summed E-state index contributed by atoms with van der Waals surface area (Å²) in [6.07, 6.45) is 1.34. The van der Waals surface area contributed by atoms with Crippen LogP contribution in [0.1, 0.15) is 41.2 Å². The number of rotatable bonds is 10. The van der Waals surface area contributed by atoms with Gasteiger partial charge in [-0.2, -0.15) is 9.57 Å². The predicted molar refractivity (Wildman–Crippen MR) is 154 cm³/mol. The number of amides is 1. The van der Waals surface area contributed by atoms with Crippen LogP contribution in [0.3, 0.4) is 0 Å². The van der Waals surface area contributed by atoms with Gasteiger partial charge in [-0.15, -0.1) is 0 Å². The number of sulfonamides is 1. The third kappa shape index (κ3) is 7.27. The smallest absolute Gasteiger partial charge is 0.262 e. The maximum Gasteiger partial charge on any atom is 0.262 e. The molecule has 0 saturated carbocycles. The first kappa shape index (κ1) is 28.8. The van der Waals surface area contributed by atoms with Crippen molar-refractivity contribution in [1.82, 2.24) is 9.62 Å². The highest BCUT2D eigenvalue weighted by molar-refractivity contribution is 7.89. The molecule has 9 heteroatoms. The first-order valence-electron chi connectivity index (χ1n) is 12.5. The Morgan fingerprint density at radius 2 is 1.68 bits per heavy atom. The van der Waals surface area contributed by atoms with E-state index >= 15 is 0 Å². The topological polar surface area (TPSA) is 103 Å². The van der Waals surface area contributed by atoms with E-state index in [9.17, 15) is 18.5 Å². The van der Waals surface area contributed by atoms with Crippen LogP contribution in [0.4, 0.5) is 0 Å². The number of nitrogens with one attached hydrogen (secondary N) is 1. The van der Waals surface area contributed by atoms with Crippen LogP contribution in [0.15, 0.2) is 106 Å². The highest BCUT2D eigenvalue weighted by Crippen LogP contribution is 2.24. The summed E-state index contributed by atoms with van der Waals surface area (Å²) in [5.74, 6) is 0.0719. The van der Waals surface area contributed by atoms with Crippen LogP contribution in [0.25, 0.3) is 6.08 Å². The number of hydrogen-bond donors (Lipinski definition) is 1. The maximum absolute atomic E-state index is 13.6. The van der Waals surface area contributed by atoms with Gasteiger partial charge in [0.1, 0.15) is 23.2 Å². The molecule has 40 heavy (non-hydrogen) atoms. The number of carbonyl (C=O) groups excluding carboxylic acids is 1. The Labute approximate surface area is 239 Å². The molecule has 1 heterocycles. The van der Waals surface area contributed by atoms with Crippen molar-refractivity contribution in [1.29, 1.82) is 5.26 Å². The van der Waals surface area contributed by atoms with Crippen molar-refractivity contribution in [3.05, 3.63) is 130 Å². The Bertz CT molecular complexity index is 1640. The van der Waals surface area contributed by atoms with Gasteiger partial charge in [-0.1, -0.05) is 71.8 Å². The van der Waals surface area contributed by atoms with Crippen molar-refractivity contribution in [2.45, 2.75) is 37.9 Å². The van der Waals surface area contributed by atoms with Gasteiger partial charge in [-0.3, -0.25) is 4.79 Å². The van der Waals surface area contributed by atoms with Crippen molar-refractivity contribution in [3.8, 4) is 6.07 Å². The van der Waals surface area contributed by atoms with E-state index in [2.05, 4.69) is 5.32 Å². The van der Waals surface area contributed by atoms with Gasteiger partial charge in [-0.05, 0) is 61.4 Å². The van der Waals surface area contributed by atoms with Crippen LogP contribution < -0.4 is 5.32 Å². The van der Waals surface area contributed by atoms with Gasteiger partial charge in [-0.25, -0.2) is 8.42 Å². The monoisotopic (exact) mass is 573 g/mol. The molecule has 0 bridgehead atoms. The maximum atomic E-state index is 13.6. The third-order valence-electron chi connectivity index (χ3n) is 6.24. The lowest BCUT2D eigenvalue weighted by Crippen LogP contribution is -2.30. The third-order valence-corrected chi connectivity index (χ3v) is 8.30. The number of nitrogens with zero attached hydrogens (tertiary/aromatic N) is 2. The van der Waals surface area contributed by atoms with Crippen LogP contribution in [-0.2, 0) is 27.9 Å². The lowest BCUT2D eigenvalue weighted by Gasteiger charge is -2.21. The van der Waals surface area contributed by atoms with Crippen LogP contribution >= 0.6 is 11.6 Å². The van der Waals surface area contributed by atoms with E-state index in [4.69, 9.17) is 16.0 Å². The average Bonchev–Trinajstić information content (AvgIpc) is 3.40. The van der Waals surface area contributed by atoms with Crippen LogP contribution in [0.2, 0.25) is 5.02 Å². The fourth-order valence-corrected chi connectivity index (χ4v) is 5.52. The number of nitriles is 1. The minimum absolute atomic E-state index is 0.0637. The standard InChI is InChI=1S/C31H28ClN3O4S/c1-22-8-10-24(11-9-22)20-35(40(37,38)30-16-12-27(32)13-17-30)21-29-15-14-28(39-29)18-26(19-33)31(36)34-23(2)25-6-4-3-5-7-25/h3-18,23H,20-21H2,1-2H3,(H,34,36)/b26-18-/t23-/m1/s1. The van der Waals surface area contributed by atoms with E-state index in [0.717, 1.165) is 16.7 Å². The molecule has 1 amide bonds. The number of carbonyl (C=O) groups is 1. The number of hydrogen-bond acceptors (Lipinski definition) is 5. The Morgan fingerprint density at radius 1 is 1.00 bits per heavy atom. The molecule has 0 saturated heterocycles. The molecular weight excluding hydrogens is 546 g/mol. The first-order valence-corrected chi connectivity index (χ1v) is 14.3. The lowest BCUT2D eigenvalue weighted by molar-refractivity contribution is -0.117. The average molecular weight is 574 g/mol. The lowest BCUT2D eigenvalue weighted by atomic mass is 10.1. The molecule has 4 rings (SSSR count). The molecule has 0 spiro atoms. The molecule has 1 aromatic heterocycles. The zero-order valence-electron chi connectivity index (χ0n) is 22.0. The van der Waals surface area contributed by atoms with Crippen LogP contribution in [0, 0.1) is 18.3 Å². The van der Waals surface area contributed by atoms with E-state index in [1.807, 2.05) is 74.5 Å². The molecule has 1 N–H and O–H groups in total. The molecule has 4 aromatic rings. The van der Waals surface area contributed by atoms with Crippen molar-refractivity contribution >= 4 is 33.6 Å². The summed E-state index contributed by atoms with van der Waals surface area (Å²) in [5.41, 5.74) is 2.65. The van der Waals surface area contributed by atoms with Crippen molar-refractivity contribution in [3.63, 3.8) is 0 Å². The molecule has 0 fully saturated rings. The first-order chi connectivity index (χ1) is 19.2. The molecule has 7 nitrogen and oxygen atoms in total. The summed E-state index contributed by atoms with van der Waals surface area (Å²) >= 11 is 5.97. The Hall–Kier alpha value is -4.16. The molecule has 0 radical (unpaired) electrons. The summed E-state index contributed by atoms with van der Waals surface area (Å²) in [4.78, 5) is 12.8. The summed E-state index contributed by atoms with van der Waals surface area (Å²) in [6, 6.07) is 27.8. The van der Waals surface area contributed by atoms with Crippen molar-refractivity contribution < 1.29 is 17.6 Å². The predicted octanol–water partition coefficient (Wildman–Crippen LogP) is 6.42. The van der Waals surface area contributed by atoms with Gasteiger partial charge < -0.3 is 9.73 Å². The molecule has 1 atom stereocenters. The summed E-state index contributed by atoms with van der Waals surface area (Å²) < 4.78 is 34.4. The highest BCUT2D eigenvalue weighted by Gasteiger charge is 2.26. The second kappa shape index (κ2) is 12.8. The van der Waals surface area contributed by atoms with Gasteiger partial charge >= 0.3 is 0 Å². The fourth-order valence-electron chi connectivity index (χ4n) is 4.00. The zero-order valence-corrected chi connectivity index (χ0v) is 23.6. The van der Waals surface area contributed by atoms with Gasteiger partial charge in [0.2, 0.25) is 10.0 Å². The minimum Gasteiger partial charge on any atom is -0.460 e. The molecule has 0 aliphatic heterocycles. The highest BCUT2D eigenvalue weighted by atomic mass is 35.5. The number of halogens is 1. The van der Waals surface area contributed by atoms with Gasteiger partial charge in [0, 0.05) is 17.6 Å². The van der Waals surface area contributed by atoms with E-state index in [-0.39, 0.29) is 35.4 Å². The number of aryl methyl sites for hydroxylation is 1. The molecule has 204 valence electrons. The van der Waals surface area contributed by atoms with E-state index in [1.165, 1.54) is 34.6 Å². The second-order valence-corrected chi connectivity index (χ2v) is 11.7. The summed E-state index contributed by atoms with van der Waals surface area (Å²) in [6.45, 7) is 3.84. The van der Waals surface area contributed by atoms with Crippen molar-refractivity contribution in [2.75, 3.05) is 0 Å². The Balaban J connectivity index is 1.56. The van der Waals surface area contributed by atoms with Gasteiger partial charge in [0.05, 0.1) is 17.5 Å². The minimum atomic E-state index is -3.91. The quantitative estimate of drug-likeness (QED) is 0.174. The Morgan fingerprint density at radius 3 is 2.33 bits per heavy atom. The SMILES string of the molecule is Cc1ccc(CN(Cc2ccc(/C=C(/C#N)C(=O)N[C@H](C)c3ccccc3)o2)S(=O)(=O)c2ccc(Cl)cc2)cc1. The van der Waals surface area contributed by atoms with Crippen molar-refractivity contribution in [2.24, 2.45) is 0 Å². The largest absolute Gasteiger partial charge is 0.460 e. The van der Waals surface area contributed by atoms with E-state index in [1.54, 1.807) is 12.1 Å². The van der Waals surface area contributed by atoms with Gasteiger partial charge in [0.25, 0.3) is 5.91 Å². The summed E-state index contributed by atoms with van der Waals surface area (Å²) in [7, 11) is -3.91. The molecular formula is C31H28ClN3O4S. The number of benzene rings is 3. The van der Waals surface area contributed by atoms with Gasteiger partial charge in [0.15, 0.2) is 0 Å². The zero-order chi connectivity index (χ0) is 28.7. The van der Waals surface area contributed by atoms with E-state index < -0.39 is 15.9 Å². The second-order valence-electron chi connectivity index (χ2n) is 9.29. The normalized spacial score (nSPS) is 12.6. The van der Waals surface area contributed by atoms with E-state index in [0.29, 0.717) is 10.8 Å². The number of furan rings is 1. The molecule has 0 aliphatic carbocycles. The summed E-state index contributed by atoms with van der Waals surface area (Å²) in [5, 5.41) is 12.9. The molecule has 0 unspecified atom stereocenters. The van der Waals surface area contributed by atoms with Crippen LogP contribution in [-0.4, -0.2) is 18.6 Å². The Kier molecular flexibility index (Phi) is 9.22. The molecule has 3 aromatic carbocycles. The fraction of sp³-hybridized carbons (Fsp3) is 0.161. The molecule has 0 aliphatic rings.